The van der Waals surface area contributed by atoms with Crippen molar-refractivity contribution >= 4 is 6.03 Å². The van der Waals surface area contributed by atoms with Gasteiger partial charge in [-0.15, -0.1) is 0 Å². The minimum Gasteiger partial charge on any atom is -0.387 e. The van der Waals surface area contributed by atoms with E-state index in [-0.39, 0.29) is 18.2 Å². The van der Waals surface area contributed by atoms with Crippen LogP contribution < -0.4 is 10.6 Å². The summed E-state index contributed by atoms with van der Waals surface area (Å²) in [4.78, 5) is 11.5. The number of aliphatic hydroxyl groups is 1. The molecule has 0 radical (unpaired) electrons. The van der Waals surface area contributed by atoms with Crippen molar-refractivity contribution in [1.29, 1.82) is 0 Å². The highest BCUT2D eigenvalue weighted by Crippen LogP contribution is 2.30. The number of aliphatic hydroxyl groups excluding tert-OH is 1. The molecule has 0 spiro atoms. The van der Waals surface area contributed by atoms with E-state index in [0.717, 1.165) is 31.4 Å². The average Bonchev–Trinajstić information content (AvgIpc) is 2.39. The summed E-state index contributed by atoms with van der Waals surface area (Å²) in [5.74, 6) is 0. The van der Waals surface area contributed by atoms with Gasteiger partial charge in [0, 0.05) is 12.6 Å². The molecule has 0 bridgehead atoms. The Hall–Kier alpha value is -1.76. The summed E-state index contributed by atoms with van der Waals surface area (Å²) in [5.41, 5.74) is -0.702. The first kappa shape index (κ1) is 15.6. The molecule has 1 fully saturated rings. The Bertz CT molecular complexity index is 501. The third kappa shape index (κ3) is 4.35. The number of rotatable bonds is 4. The predicted octanol–water partition coefficient (Wildman–Crippen LogP) is 2.59. The molecule has 116 valence electrons. The van der Waals surface area contributed by atoms with Crippen molar-refractivity contribution in [3.05, 3.63) is 35.4 Å². The Kier molecular flexibility index (Phi) is 4.72. The van der Waals surface area contributed by atoms with Gasteiger partial charge in [-0.1, -0.05) is 12.1 Å². The fraction of sp³-hybridized carbons (Fsp3) is 0.500. The van der Waals surface area contributed by atoms with Crippen LogP contribution in [0.4, 0.5) is 18.0 Å². The van der Waals surface area contributed by atoms with Gasteiger partial charge >= 0.3 is 12.2 Å². The van der Waals surface area contributed by atoms with E-state index in [1.165, 1.54) is 12.1 Å². The smallest absolute Gasteiger partial charge is 0.387 e. The van der Waals surface area contributed by atoms with E-state index in [0.29, 0.717) is 0 Å². The molecular formula is C14H17F3N2O2. The number of hydrogen-bond acceptors (Lipinski definition) is 2. The van der Waals surface area contributed by atoms with Crippen molar-refractivity contribution in [3.63, 3.8) is 0 Å². The van der Waals surface area contributed by atoms with Crippen LogP contribution in [0.25, 0.3) is 0 Å². The standard InChI is InChI=1S/C14H17F3N2O2/c15-14(16,17)10-4-1-3-9(7-10)12(20)8-18-13(21)19-11-5-2-6-11/h1,3-4,7,11-12,20H,2,5-6,8H2,(H2,18,19,21). The SMILES string of the molecule is O=C(NCC(O)c1cccc(C(F)(F)F)c1)NC1CCC1. The molecule has 1 atom stereocenters. The molecular weight excluding hydrogens is 285 g/mol. The van der Waals surface area contributed by atoms with Crippen LogP contribution in [-0.2, 0) is 6.18 Å². The summed E-state index contributed by atoms with van der Waals surface area (Å²) >= 11 is 0. The number of halogens is 3. The quantitative estimate of drug-likeness (QED) is 0.800. The van der Waals surface area contributed by atoms with E-state index >= 15 is 0 Å². The molecule has 0 aliphatic heterocycles. The zero-order chi connectivity index (χ0) is 15.5. The van der Waals surface area contributed by atoms with Crippen LogP contribution in [0.15, 0.2) is 24.3 Å². The second-order valence-electron chi connectivity index (χ2n) is 5.12. The maximum atomic E-state index is 12.6. The lowest BCUT2D eigenvalue weighted by atomic mass is 9.93. The first-order valence-corrected chi connectivity index (χ1v) is 6.76. The molecule has 1 aliphatic rings. The molecule has 4 nitrogen and oxygen atoms in total. The van der Waals surface area contributed by atoms with Gasteiger partial charge in [-0.25, -0.2) is 4.79 Å². The van der Waals surface area contributed by atoms with Crippen LogP contribution in [0.3, 0.4) is 0 Å². The van der Waals surface area contributed by atoms with Crippen molar-refractivity contribution in [2.75, 3.05) is 6.54 Å². The van der Waals surface area contributed by atoms with E-state index < -0.39 is 23.9 Å². The molecule has 1 aromatic carbocycles. The highest BCUT2D eigenvalue weighted by molar-refractivity contribution is 5.74. The molecule has 21 heavy (non-hydrogen) atoms. The molecule has 7 heteroatoms. The summed E-state index contributed by atoms with van der Waals surface area (Å²) in [7, 11) is 0. The van der Waals surface area contributed by atoms with Crippen LogP contribution in [0.5, 0.6) is 0 Å². The summed E-state index contributed by atoms with van der Waals surface area (Å²) in [6.45, 7) is -0.139. The topological polar surface area (TPSA) is 61.4 Å². The van der Waals surface area contributed by atoms with Crippen molar-refractivity contribution < 1.29 is 23.1 Å². The summed E-state index contributed by atoms with van der Waals surface area (Å²) in [6.07, 6.45) is -2.69. The van der Waals surface area contributed by atoms with Gasteiger partial charge in [0.2, 0.25) is 0 Å². The number of alkyl halides is 3. The molecule has 1 aromatic rings. The summed E-state index contributed by atoms with van der Waals surface area (Å²) in [5, 5.41) is 15.0. The highest BCUT2D eigenvalue weighted by Gasteiger charge is 2.30. The van der Waals surface area contributed by atoms with Crippen LogP contribution in [0.2, 0.25) is 0 Å². The average molecular weight is 302 g/mol. The van der Waals surface area contributed by atoms with Crippen molar-refractivity contribution in [2.24, 2.45) is 0 Å². The van der Waals surface area contributed by atoms with Crippen LogP contribution in [0, 0.1) is 0 Å². The van der Waals surface area contributed by atoms with Gasteiger partial charge in [-0.3, -0.25) is 0 Å². The highest BCUT2D eigenvalue weighted by atomic mass is 19.4. The molecule has 1 aliphatic carbocycles. The molecule has 2 rings (SSSR count). The van der Waals surface area contributed by atoms with Gasteiger partial charge < -0.3 is 15.7 Å². The van der Waals surface area contributed by atoms with E-state index in [4.69, 9.17) is 0 Å². The third-order valence-corrected chi connectivity index (χ3v) is 3.50. The number of urea groups is 1. The van der Waals surface area contributed by atoms with Gasteiger partial charge in [0.1, 0.15) is 0 Å². The monoisotopic (exact) mass is 302 g/mol. The fourth-order valence-electron chi connectivity index (χ4n) is 2.02. The lowest BCUT2D eigenvalue weighted by Gasteiger charge is -2.26. The van der Waals surface area contributed by atoms with Gasteiger partial charge in [-0.2, -0.15) is 13.2 Å². The minimum atomic E-state index is -4.45. The number of carbonyl (C=O) groups is 1. The normalized spacial score (nSPS) is 17.0. The van der Waals surface area contributed by atoms with Crippen LogP contribution >= 0.6 is 0 Å². The Balaban J connectivity index is 1.87. The third-order valence-electron chi connectivity index (χ3n) is 3.50. The maximum Gasteiger partial charge on any atom is 0.416 e. The van der Waals surface area contributed by atoms with Gasteiger partial charge in [0.05, 0.1) is 11.7 Å². The summed E-state index contributed by atoms with van der Waals surface area (Å²) < 4.78 is 37.7. The molecule has 0 aromatic heterocycles. The first-order chi connectivity index (χ1) is 9.86. The van der Waals surface area contributed by atoms with Crippen molar-refractivity contribution in [3.8, 4) is 0 Å². The van der Waals surface area contributed by atoms with E-state index in [1.54, 1.807) is 0 Å². The lowest BCUT2D eigenvalue weighted by Crippen LogP contribution is -2.46. The Morgan fingerprint density at radius 1 is 1.38 bits per heavy atom. The zero-order valence-electron chi connectivity index (χ0n) is 11.3. The molecule has 0 saturated heterocycles. The van der Waals surface area contributed by atoms with E-state index in [1.807, 2.05) is 0 Å². The van der Waals surface area contributed by atoms with Gasteiger partial charge in [0.15, 0.2) is 0 Å². The second kappa shape index (κ2) is 6.34. The largest absolute Gasteiger partial charge is 0.416 e. The summed E-state index contributed by atoms with van der Waals surface area (Å²) in [6, 6.07) is 4.20. The van der Waals surface area contributed by atoms with E-state index in [9.17, 15) is 23.1 Å². The Morgan fingerprint density at radius 2 is 2.10 bits per heavy atom. The minimum absolute atomic E-state index is 0.119. The first-order valence-electron chi connectivity index (χ1n) is 6.76. The Morgan fingerprint density at radius 3 is 2.67 bits per heavy atom. The second-order valence-corrected chi connectivity index (χ2v) is 5.12. The predicted molar refractivity (Wildman–Crippen MR) is 70.6 cm³/mol. The van der Waals surface area contributed by atoms with Crippen molar-refractivity contribution in [1.82, 2.24) is 10.6 Å². The number of nitrogens with one attached hydrogen (secondary N) is 2. The lowest BCUT2D eigenvalue weighted by molar-refractivity contribution is -0.137. The Labute approximate surface area is 120 Å². The zero-order valence-corrected chi connectivity index (χ0v) is 11.3. The molecule has 3 N–H and O–H groups in total. The molecule has 1 unspecified atom stereocenters. The molecule has 1 saturated carbocycles. The van der Waals surface area contributed by atoms with Crippen molar-refractivity contribution in [2.45, 2.75) is 37.6 Å². The number of carbonyl (C=O) groups excluding carboxylic acids is 1. The van der Waals surface area contributed by atoms with Gasteiger partial charge in [0.25, 0.3) is 0 Å². The van der Waals surface area contributed by atoms with Crippen LogP contribution in [-0.4, -0.2) is 23.7 Å². The molecule has 0 heterocycles. The molecule has 2 amide bonds. The maximum absolute atomic E-state index is 12.6. The number of hydrogen-bond donors (Lipinski definition) is 3. The fourth-order valence-corrected chi connectivity index (χ4v) is 2.02. The number of benzene rings is 1. The van der Waals surface area contributed by atoms with E-state index in [2.05, 4.69) is 10.6 Å². The van der Waals surface area contributed by atoms with Crippen LogP contribution in [0.1, 0.15) is 36.5 Å². The number of amides is 2. The van der Waals surface area contributed by atoms with Gasteiger partial charge in [-0.05, 0) is 37.0 Å².